The van der Waals surface area contributed by atoms with Crippen LogP contribution in [0.25, 0.3) is 11.3 Å². The number of nitrogens with one attached hydrogen (secondary N) is 2. The number of anilines is 2. The monoisotopic (exact) mass is 345 g/mol. The molecule has 3 aromatic rings. The minimum absolute atomic E-state index is 0.351. The zero-order valence-corrected chi connectivity index (χ0v) is 14.9. The molecule has 2 N–H and O–H groups in total. The van der Waals surface area contributed by atoms with Crippen LogP contribution in [0.2, 0.25) is 0 Å². The molecule has 0 saturated carbocycles. The third-order valence-electron chi connectivity index (χ3n) is 4.71. The number of aryl methyl sites for hydroxylation is 1. The van der Waals surface area contributed by atoms with E-state index in [1.807, 2.05) is 18.2 Å². The van der Waals surface area contributed by atoms with Crippen LogP contribution in [0.3, 0.4) is 0 Å². The van der Waals surface area contributed by atoms with Gasteiger partial charge in [-0.1, -0.05) is 17.7 Å². The maximum atomic E-state index is 4.86. The van der Waals surface area contributed by atoms with Crippen LogP contribution in [0.15, 0.2) is 54.9 Å². The highest BCUT2D eigenvalue weighted by Crippen LogP contribution is 2.27. The van der Waals surface area contributed by atoms with Crippen molar-refractivity contribution in [1.29, 1.82) is 0 Å². The van der Waals surface area contributed by atoms with Crippen LogP contribution in [0.1, 0.15) is 30.1 Å². The Kier molecular flexibility index (Phi) is 4.88. The molecule has 2 aromatic heterocycles. The Morgan fingerprint density at radius 3 is 2.58 bits per heavy atom. The second kappa shape index (κ2) is 7.62. The third-order valence-corrected chi connectivity index (χ3v) is 4.71. The van der Waals surface area contributed by atoms with Crippen molar-refractivity contribution in [2.75, 3.05) is 18.4 Å². The summed E-state index contributed by atoms with van der Waals surface area (Å²) in [4.78, 5) is 13.8. The van der Waals surface area contributed by atoms with E-state index in [0.717, 1.165) is 54.5 Å². The van der Waals surface area contributed by atoms with Crippen molar-refractivity contribution in [3.63, 3.8) is 0 Å². The minimum atomic E-state index is 0.351. The van der Waals surface area contributed by atoms with Crippen molar-refractivity contribution in [2.45, 2.75) is 25.7 Å². The molecule has 3 heterocycles. The lowest BCUT2D eigenvalue weighted by molar-refractivity contribution is 0.447. The molecule has 132 valence electrons. The van der Waals surface area contributed by atoms with Gasteiger partial charge in [0.05, 0.1) is 5.69 Å². The Bertz CT molecular complexity index is 855. The molecule has 0 amide bonds. The van der Waals surface area contributed by atoms with Crippen LogP contribution in [-0.2, 0) is 0 Å². The quantitative estimate of drug-likeness (QED) is 0.747. The number of benzene rings is 1. The number of pyridine rings is 1. The first-order valence-electron chi connectivity index (χ1n) is 9.12. The summed E-state index contributed by atoms with van der Waals surface area (Å²) in [6.07, 6.45) is 5.88. The Morgan fingerprint density at radius 2 is 1.85 bits per heavy atom. The molecule has 4 rings (SSSR count). The van der Waals surface area contributed by atoms with Crippen LogP contribution in [0.4, 0.5) is 11.5 Å². The molecule has 1 aliphatic heterocycles. The molecule has 1 fully saturated rings. The summed E-state index contributed by atoms with van der Waals surface area (Å²) in [6.45, 7) is 4.10. The summed E-state index contributed by atoms with van der Waals surface area (Å²) in [7, 11) is 0. The van der Waals surface area contributed by atoms with Gasteiger partial charge in [0.25, 0.3) is 0 Å². The summed E-state index contributed by atoms with van der Waals surface area (Å²) in [5.74, 6) is 2.08. The summed E-state index contributed by atoms with van der Waals surface area (Å²) in [5, 5.41) is 6.89. The van der Waals surface area contributed by atoms with Gasteiger partial charge in [-0.15, -0.1) is 0 Å². The molecule has 0 bridgehead atoms. The van der Waals surface area contributed by atoms with Crippen molar-refractivity contribution in [3.05, 3.63) is 66.2 Å². The van der Waals surface area contributed by atoms with E-state index in [1.165, 1.54) is 5.56 Å². The molecule has 1 saturated heterocycles. The van der Waals surface area contributed by atoms with Crippen LogP contribution in [0, 0.1) is 6.92 Å². The van der Waals surface area contributed by atoms with E-state index >= 15 is 0 Å². The lowest BCUT2D eigenvalue weighted by Crippen LogP contribution is -2.29. The zero-order chi connectivity index (χ0) is 17.8. The second-order valence-corrected chi connectivity index (χ2v) is 6.77. The summed E-state index contributed by atoms with van der Waals surface area (Å²) >= 11 is 0. The second-order valence-electron chi connectivity index (χ2n) is 6.77. The predicted octanol–water partition coefficient (Wildman–Crippen LogP) is 4.06. The van der Waals surface area contributed by atoms with E-state index in [1.54, 1.807) is 12.4 Å². The highest BCUT2D eigenvalue weighted by molar-refractivity contribution is 5.65. The van der Waals surface area contributed by atoms with E-state index in [2.05, 4.69) is 46.8 Å². The summed E-state index contributed by atoms with van der Waals surface area (Å²) in [6, 6.07) is 14.3. The van der Waals surface area contributed by atoms with Gasteiger partial charge in [-0.3, -0.25) is 4.98 Å². The topological polar surface area (TPSA) is 62.7 Å². The first kappa shape index (κ1) is 16.7. The molecule has 1 unspecified atom stereocenters. The largest absolute Gasteiger partial charge is 0.340 e. The number of rotatable bonds is 4. The first-order valence-corrected chi connectivity index (χ1v) is 9.12. The van der Waals surface area contributed by atoms with E-state index in [9.17, 15) is 0 Å². The fourth-order valence-corrected chi connectivity index (χ4v) is 3.24. The molecule has 5 nitrogen and oxygen atoms in total. The van der Waals surface area contributed by atoms with Gasteiger partial charge in [0.15, 0.2) is 0 Å². The van der Waals surface area contributed by atoms with Gasteiger partial charge in [0, 0.05) is 42.2 Å². The van der Waals surface area contributed by atoms with Gasteiger partial charge >= 0.3 is 0 Å². The highest BCUT2D eigenvalue weighted by Gasteiger charge is 2.19. The maximum absolute atomic E-state index is 4.86. The van der Waals surface area contributed by atoms with Crippen molar-refractivity contribution in [3.8, 4) is 11.3 Å². The third kappa shape index (κ3) is 3.89. The minimum Gasteiger partial charge on any atom is -0.340 e. The summed E-state index contributed by atoms with van der Waals surface area (Å²) in [5.41, 5.74) is 4.25. The SMILES string of the molecule is Cc1ccc(Nc2cc(-c3ccncc3)nc(C3CCCNC3)n2)cc1. The molecule has 0 aliphatic carbocycles. The molecule has 0 radical (unpaired) electrons. The molecule has 1 aromatic carbocycles. The van der Waals surface area contributed by atoms with Crippen LogP contribution in [0.5, 0.6) is 0 Å². The van der Waals surface area contributed by atoms with Gasteiger partial charge < -0.3 is 10.6 Å². The van der Waals surface area contributed by atoms with Crippen LogP contribution >= 0.6 is 0 Å². The van der Waals surface area contributed by atoms with Crippen molar-refractivity contribution < 1.29 is 0 Å². The van der Waals surface area contributed by atoms with E-state index < -0.39 is 0 Å². The number of hydrogen-bond donors (Lipinski definition) is 2. The molecular formula is C21H23N5. The summed E-state index contributed by atoms with van der Waals surface area (Å²) < 4.78 is 0. The maximum Gasteiger partial charge on any atom is 0.135 e. The number of piperidine rings is 1. The van der Waals surface area contributed by atoms with Crippen LogP contribution < -0.4 is 10.6 Å². The molecule has 1 atom stereocenters. The van der Waals surface area contributed by atoms with Gasteiger partial charge in [-0.05, 0) is 50.6 Å². The average molecular weight is 345 g/mol. The Balaban J connectivity index is 1.70. The fourth-order valence-electron chi connectivity index (χ4n) is 3.24. The fraction of sp³-hybridized carbons (Fsp3) is 0.286. The van der Waals surface area contributed by atoms with E-state index in [0.29, 0.717) is 5.92 Å². The molecule has 5 heteroatoms. The van der Waals surface area contributed by atoms with Gasteiger partial charge in [0.1, 0.15) is 11.6 Å². The van der Waals surface area contributed by atoms with Gasteiger partial charge in [0.2, 0.25) is 0 Å². The lowest BCUT2D eigenvalue weighted by Gasteiger charge is -2.22. The molecule has 0 spiro atoms. The smallest absolute Gasteiger partial charge is 0.135 e. The van der Waals surface area contributed by atoms with Crippen LogP contribution in [-0.4, -0.2) is 28.0 Å². The number of aromatic nitrogens is 3. The van der Waals surface area contributed by atoms with Crippen molar-refractivity contribution >= 4 is 11.5 Å². The molecule has 1 aliphatic rings. The normalized spacial score (nSPS) is 17.0. The van der Waals surface area contributed by atoms with E-state index in [4.69, 9.17) is 9.97 Å². The van der Waals surface area contributed by atoms with Gasteiger partial charge in [-0.2, -0.15) is 0 Å². The Hall–Kier alpha value is -2.79. The Labute approximate surface area is 153 Å². The number of hydrogen-bond acceptors (Lipinski definition) is 5. The van der Waals surface area contributed by atoms with Crippen molar-refractivity contribution in [1.82, 2.24) is 20.3 Å². The van der Waals surface area contributed by atoms with E-state index in [-0.39, 0.29) is 0 Å². The standard InChI is InChI=1S/C21H23N5/c1-15-4-6-18(7-5-15)24-20-13-19(16-8-11-22-12-9-16)25-21(26-20)17-3-2-10-23-14-17/h4-9,11-13,17,23H,2-3,10,14H2,1H3,(H,24,25,26). The predicted molar refractivity (Wildman–Crippen MR) is 105 cm³/mol. The average Bonchev–Trinajstić information content (AvgIpc) is 2.71. The number of nitrogens with zero attached hydrogens (tertiary/aromatic N) is 3. The van der Waals surface area contributed by atoms with Crippen molar-refractivity contribution in [2.24, 2.45) is 0 Å². The lowest BCUT2D eigenvalue weighted by atomic mass is 9.98. The molecular weight excluding hydrogens is 322 g/mol. The first-order chi connectivity index (χ1) is 12.8. The van der Waals surface area contributed by atoms with Gasteiger partial charge in [-0.25, -0.2) is 9.97 Å². The Morgan fingerprint density at radius 1 is 1.04 bits per heavy atom. The highest BCUT2D eigenvalue weighted by atomic mass is 15.0. The zero-order valence-electron chi connectivity index (χ0n) is 14.9. The molecule has 26 heavy (non-hydrogen) atoms.